The average molecular weight is 291 g/mol. The van der Waals surface area contributed by atoms with Gasteiger partial charge >= 0.3 is 103 Å². The zero-order valence-electron chi connectivity index (χ0n) is 10.2. The Balaban J connectivity index is -0.000000980. The fraction of sp³-hybridized carbons (Fsp3) is 0.444. The van der Waals surface area contributed by atoms with E-state index in [9.17, 15) is 24.6 Å². The molecule has 84 valence electrons. The third-order valence-corrected chi connectivity index (χ3v) is 1.61. The van der Waals surface area contributed by atoms with Crippen molar-refractivity contribution in [3.05, 3.63) is 12.2 Å². The Hall–Kier alpha value is 1.42. The summed E-state index contributed by atoms with van der Waals surface area (Å²) in [5, 5.41) is 22.7. The van der Waals surface area contributed by atoms with Gasteiger partial charge in [-0.05, 0) is 19.8 Å². The van der Waals surface area contributed by atoms with Crippen LogP contribution in [0.25, 0.3) is 0 Å². The first-order valence-corrected chi connectivity index (χ1v) is 4.21. The maximum atomic E-state index is 11.0. The molecule has 0 saturated heterocycles. The van der Waals surface area contributed by atoms with Crippen molar-refractivity contribution >= 4 is 17.8 Å². The van der Waals surface area contributed by atoms with Crippen LogP contribution < -0.4 is 118 Å². The van der Waals surface area contributed by atoms with Crippen LogP contribution in [0.15, 0.2) is 12.2 Å². The van der Waals surface area contributed by atoms with Gasteiger partial charge in [0.15, 0.2) is 0 Å². The first kappa shape index (κ1) is 23.5. The first-order valence-electron chi connectivity index (χ1n) is 4.21. The number of carbonyl (C=O) groups excluding carboxylic acids is 3. The molecule has 0 rings (SSSR count). The quantitative estimate of drug-likeness (QED) is 0.386. The van der Waals surface area contributed by atoms with Crippen molar-refractivity contribution in [2.24, 2.45) is 0 Å². The molecule has 0 aromatic heterocycles. The smallest absolute Gasteiger partial charge is 0.550 e. The average Bonchev–Trinajstić information content (AvgIpc) is 2.10. The molecular formula is C9H11K2NO5. The number of carboxylic acids is 2. The van der Waals surface area contributed by atoms with Crippen LogP contribution in [-0.4, -0.2) is 23.9 Å². The van der Waals surface area contributed by atoms with Crippen LogP contribution in [-0.2, 0) is 14.4 Å². The normalized spacial score (nSPS) is 10.2. The number of carboxylic acid groups (broad SMARTS) is 2. The van der Waals surface area contributed by atoms with Crippen LogP contribution in [0, 0.1) is 0 Å². The van der Waals surface area contributed by atoms with Gasteiger partial charge in [-0.1, -0.05) is 6.58 Å². The molecule has 1 atom stereocenters. The summed E-state index contributed by atoms with van der Waals surface area (Å²) < 4.78 is 0. The minimum absolute atomic E-state index is 0. The summed E-state index contributed by atoms with van der Waals surface area (Å²) >= 11 is 0. The Morgan fingerprint density at radius 1 is 1.24 bits per heavy atom. The Bertz CT molecular complexity index is 306. The molecule has 0 bridgehead atoms. The van der Waals surface area contributed by atoms with E-state index in [-0.39, 0.29) is 115 Å². The van der Waals surface area contributed by atoms with Crippen molar-refractivity contribution < 1.29 is 127 Å². The SMILES string of the molecule is C=C(C)C(=O)N[C@@H](CCC(=O)[O-])C(=O)[O-].[K+].[K+]. The summed E-state index contributed by atoms with van der Waals surface area (Å²) in [5.74, 6) is -3.57. The van der Waals surface area contributed by atoms with Crippen LogP contribution >= 0.6 is 0 Å². The van der Waals surface area contributed by atoms with Crippen LogP contribution in [0.2, 0.25) is 0 Å². The summed E-state index contributed by atoms with van der Waals surface area (Å²) in [4.78, 5) is 31.6. The van der Waals surface area contributed by atoms with Gasteiger partial charge in [-0.3, -0.25) is 4.79 Å². The molecule has 0 heterocycles. The fourth-order valence-electron chi connectivity index (χ4n) is 0.793. The van der Waals surface area contributed by atoms with E-state index in [1.54, 1.807) is 0 Å². The number of nitrogens with one attached hydrogen (secondary N) is 1. The Morgan fingerprint density at radius 2 is 1.71 bits per heavy atom. The van der Waals surface area contributed by atoms with Crippen LogP contribution in [0.1, 0.15) is 19.8 Å². The van der Waals surface area contributed by atoms with E-state index in [4.69, 9.17) is 0 Å². The molecular weight excluding hydrogens is 280 g/mol. The molecule has 0 aliphatic rings. The van der Waals surface area contributed by atoms with Crippen molar-refractivity contribution in [3.8, 4) is 0 Å². The van der Waals surface area contributed by atoms with Gasteiger partial charge in [0.25, 0.3) is 0 Å². The molecule has 0 aromatic rings. The van der Waals surface area contributed by atoms with Gasteiger partial charge < -0.3 is 25.1 Å². The van der Waals surface area contributed by atoms with Gasteiger partial charge in [-0.25, -0.2) is 0 Å². The Kier molecular flexibility index (Phi) is 17.2. The van der Waals surface area contributed by atoms with Gasteiger partial charge in [0.1, 0.15) is 0 Å². The number of hydrogen-bond acceptors (Lipinski definition) is 5. The van der Waals surface area contributed by atoms with E-state index in [1.807, 2.05) is 0 Å². The summed E-state index contributed by atoms with van der Waals surface area (Å²) in [7, 11) is 0. The predicted molar refractivity (Wildman–Crippen MR) is 46.0 cm³/mol. The molecule has 17 heavy (non-hydrogen) atoms. The number of hydrogen-bond donors (Lipinski definition) is 1. The maximum Gasteiger partial charge on any atom is 1.00 e. The van der Waals surface area contributed by atoms with Crippen molar-refractivity contribution in [2.75, 3.05) is 0 Å². The second kappa shape index (κ2) is 12.5. The number of aliphatic carboxylic acids is 2. The minimum Gasteiger partial charge on any atom is -0.550 e. The minimum atomic E-state index is -1.54. The Morgan fingerprint density at radius 3 is 2.00 bits per heavy atom. The van der Waals surface area contributed by atoms with Crippen molar-refractivity contribution in [1.82, 2.24) is 5.32 Å². The standard InChI is InChI=1S/C9H13NO5.2K/c1-5(2)8(13)10-6(9(14)15)3-4-7(11)12;;/h6H,1,3-4H2,2H3,(H,10,13)(H,11,12)(H,14,15);;/q;2*+1/p-2/t6-;;/m0../s1. The number of carbonyl (C=O) groups is 3. The zero-order valence-corrected chi connectivity index (χ0v) is 16.5. The number of rotatable bonds is 6. The second-order valence-corrected chi connectivity index (χ2v) is 3.04. The molecule has 8 heteroatoms. The van der Waals surface area contributed by atoms with Gasteiger partial charge in [0, 0.05) is 11.5 Å². The number of amides is 1. The van der Waals surface area contributed by atoms with Crippen LogP contribution in [0.4, 0.5) is 0 Å². The van der Waals surface area contributed by atoms with E-state index in [0.717, 1.165) is 0 Å². The van der Waals surface area contributed by atoms with E-state index >= 15 is 0 Å². The van der Waals surface area contributed by atoms with E-state index < -0.39 is 30.3 Å². The van der Waals surface area contributed by atoms with E-state index in [2.05, 4.69) is 11.9 Å². The summed E-state index contributed by atoms with van der Waals surface area (Å²) in [6.07, 6.45) is -0.737. The van der Waals surface area contributed by atoms with Crippen molar-refractivity contribution in [3.63, 3.8) is 0 Å². The van der Waals surface area contributed by atoms with Gasteiger partial charge in [0.2, 0.25) is 5.91 Å². The molecule has 0 unspecified atom stereocenters. The maximum absolute atomic E-state index is 11.0. The molecule has 0 fully saturated rings. The second-order valence-electron chi connectivity index (χ2n) is 3.04. The monoisotopic (exact) mass is 291 g/mol. The van der Waals surface area contributed by atoms with Crippen LogP contribution in [0.3, 0.4) is 0 Å². The molecule has 1 amide bonds. The molecule has 1 N–H and O–H groups in total. The molecule has 0 aromatic carbocycles. The first-order chi connectivity index (χ1) is 6.84. The Labute approximate surface area is 184 Å². The molecule has 0 spiro atoms. The van der Waals surface area contributed by atoms with Crippen LogP contribution in [0.5, 0.6) is 0 Å². The fourth-order valence-corrected chi connectivity index (χ4v) is 0.793. The van der Waals surface area contributed by atoms with E-state index in [0.29, 0.717) is 0 Å². The van der Waals surface area contributed by atoms with Gasteiger partial charge in [-0.2, -0.15) is 0 Å². The molecule has 0 aliphatic heterocycles. The molecule has 0 saturated carbocycles. The van der Waals surface area contributed by atoms with E-state index in [1.165, 1.54) is 6.92 Å². The largest absolute Gasteiger partial charge is 1.00 e. The summed E-state index contributed by atoms with van der Waals surface area (Å²) in [6.45, 7) is 4.71. The molecule has 0 radical (unpaired) electrons. The third-order valence-electron chi connectivity index (χ3n) is 1.61. The van der Waals surface area contributed by atoms with Crippen molar-refractivity contribution in [1.29, 1.82) is 0 Å². The van der Waals surface area contributed by atoms with Gasteiger partial charge in [0.05, 0.1) is 12.0 Å². The topological polar surface area (TPSA) is 109 Å². The summed E-state index contributed by atoms with van der Waals surface area (Å²) in [6, 6.07) is -1.34. The molecule has 6 nitrogen and oxygen atoms in total. The van der Waals surface area contributed by atoms with Gasteiger partial charge in [-0.15, -0.1) is 0 Å². The molecule has 0 aliphatic carbocycles. The third kappa shape index (κ3) is 12.2. The summed E-state index contributed by atoms with van der Waals surface area (Å²) in [5.41, 5.74) is 0.134. The zero-order chi connectivity index (χ0) is 12.0. The predicted octanol–water partition coefficient (Wildman–Crippen LogP) is -8.66. The van der Waals surface area contributed by atoms with Crippen molar-refractivity contribution in [2.45, 2.75) is 25.8 Å².